The van der Waals surface area contributed by atoms with E-state index in [1.54, 1.807) is 30.3 Å². The van der Waals surface area contributed by atoms with Crippen molar-refractivity contribution in [1.29, 1.82) is 0 Å². The second kappa shape index (κ2) is 10.1. The summed E-state index contributed by atoms with van der Waals surface area (Å²) in [6.45, 7) is 1.95. The second-order valence-electron chi connectivity index (χ2n) is 8.31. The molecule has 1 saturated heterocycles. The van der Waals surface area contributed by atoms with Gasteiger partial charge < -0.3 is 9.84 Å². The Morgan fingerprint density at radius 2 is 1.94 bits per heavy atom. The van der Waals surface area contributed by atoms with Crippen LogP contribution in [0.5, 0.6) is 0 Å². The number of halogens is 1. The Kier molecular flexibility index (Phi) is 7.20. The molecule has 3 aromatic rings. The lowest BCUT2D eigenvalue weighted by molar-refractivity contribution is -0.121. The van der Waals surface area contributed by atoms with Crippen molar-refractivity contribution >= 4 is 38.9 Å². The van der Waals surface area contributed by atoms with Gasteiger partial charge in [0, 0.05) is 24.2 Å². The average molecular weight is 504 g/mol. The minimum absolute atomic E-state index is 0.0717. The van der Waals surface area contributed by atoms with Crippen LogP contribution in [0.1, 0.15) is 18.7 Å². The SMILES string of the molecule is CN(c1cccc(NC(=O)C2CCN(Cc3nc(-c4ccccc4Cl)no3)CC2)c1)S(C)(=O)=O. The summed E-state index contributed by atoms with van der Waals surface area (Å²) in [5.41, 5.74) is 1.78. The number of benzene rings is 2. The van der Waals surface area contributed by atoms with Gasteiger partial charge in [0.1, 0.15) is 0 Å². The highest BCUT2D eigenvalue weighted by atomic mass is 35.5. The predicted molar refractivity (Wildman–Crippen MR) is 131 cm³/mol. The van der Waals surface area contributed by atoms with Crippen LogP contribution in [0.4, 0.5) is 11.4 Å². The maximum atomic E-state index is 12.8. The monoisotopic (exact) mass is 503 g/mol. The molecule has 1 fully saturated rings. The third-order valence-electron chi connectivity index (χ3n) is 5.87. The molecule has 2 heterocycles. The summed E-state index contributed by atoms with van der Waals surface area (Å²) in [6.07, 6.45) is 2.53. The molecule has 0 bridgehead atoms. The van der Waals surface area contributed by atoms with Crippen molar-refractivity contribution < 1.29 is 17.7 Å². The van der Waals surface area contributed by atoms with Gasteiger partial charge in [0.2, 0.25) is 27.6 Å². The molecule has 0 spiro atoms. The molecule has 180 valence electrons. The van der Waals surface area contributed by atoms with E-state index in [1.807, 2.05) is 18.2 Å². The van der Waals surface area contributed by atoms with Crippen LogP contribution in [-0.2, 0) is 21.4 Å². The van der Waals surface area contributed by atoms with Gasteiger partial charge in [0.25, 0.3) is 0 Å². The van der Waals surface area contributed by atoms with E-state index in [9.17, 15) is 13.2 Å². The topological polar surface area (TPSA) is 109 Å². The van der Waals surface area contributed by atoms with E-state index in [0.717, 1.165) is 24.9 Å². The van der Waals surface area contributed by atoms with Gasteiger partial charge in [0.05, 0.1) is 23.5 Å². The molecule has 0 aliphatic carbocycles. The lowest BCUT2D eigenvalue weighted by Crippen LogP contribution is -2.37. The van der Waals surface area contributed by atoms with Crippen molar-refractivity contribution in [2.75, 3.05) is 36.0 Å². The maximum absolute atomic E-state index is 12.8. The van der Waals surface area contributed by atoms with E-state index >= 15 is 0 Å². The van der Waals surface area contributed by atoms with Crippen molar-refractivity contribution in [1.82, 2.24) is 15.0 Å². The van der Waals surface area contributed by atoms with Crippen molar-refractivity contribution in [2.24, 2.45) is 5.92 Å². The van der Waals surface area contributed by atoms with Gasteiger partial charge in [-0.15, -0.1) is 0 Å². The normalized spacial score (nSPS) is 15.3. The van der Waals surface area contributed by atoms with Gasteiger partial charge in [-0.2, -0.15) is 4.98 Å². The second-order valence-corrected chi connectivity index (χ2v) is 10.7. The zero-order valence-corrected chi connectivity index (χ0v) is 20.5. The molecule has 1 amide bonds. The van der Waals surface area contributed by atoms with Gasteiger partial charge in [-0.1, -0.05) is 35.0 Å². The smallest absolute Gasteiger partial charge is 0.241 e. The first-order valence-corrected chi connectivity index (χ1v) is 13.1. The van der Waals surface area contributed by atoms with Crippen LogP contribution >= 0.6 is 11.6 Å². The number of nitrogens with one attached hydrogen (secondary N) is 1. The summed E-state index contributed by atoms with van der Waals surface area (Å²) in [7, 11) is -1.90. The molecule has 9 nitrogen and oxygen atoms in total. The summed E-state index contributed by atoms with van der Waals surface area (Å²) >= 11 is 6.21. The summed E-state index contributed by atoms with van der Waals surface area (Å²) < 4.78 is 30.1. The van der Waals surface area contributed by atoms with Gasteiger partial charge in [0.15, 0.2) is 0 Å². The fourth-order valence-electron chi connectivity index (χ4n) is 3.83. The molecule has 2 aromatic carbocycles. The fraction of sp³-hybridized carbons (Fsp3) is 0.348. The van der Waals surface area contributed by atoms with Crippen molar-refractivity contribution in [3.63, 3.8) is 0 Å². The minimum atomic E-state index is -3.38. The number of hydrogen-bond donors (Lipinski definition) is 1. The van der Waals surface area contributed by atoms with Crippen LogP contribution in [0, 0.1) is 5.92 Å². The molecule has 4 rings (SSSR count). The van der Waals surface area contributed by atoms with Crippen LogP contribution in [0.15, 0.2) is 53.1 Å². The van der Waals surface area contributed by atoms with E-state index in [2.05, 4.69) is 20.4 Å². The molecule has 1 aromatic heterocycles. The Morgan fingerprint density at radius 3 is 2.65 bits per heavy atom. The summed E-state index contributed by atoms with van der Waals surface area (Å²) in [4.78, 5) is 19.4. The number of likely N-dealkylation sites (tertiary alicyclic amines) is 1. The van der Waals surface area contributed by atoms with Gasteiger partial charge in [-0.25, -0.2) is 8.42 Å². The standard InChI is InChI=1S/C23H26ClN5O4S/c1-28(34(2,31)32)18-7-5-6-17(14-18)25-23(30)16-10-12-29(13-11-16)15-21-26-22(27-33-21)19-8-3-4-9-20(19)24/h3-9,14,16H,10-13,15H2,1-2H3,(H,25,30). The molecule has 11 heteroatoms. The summed E-state index contributed by atoms with van der Waals surface area (Å²) in [5, 5.41) is 7.52. The number of amides is 1. The number of anilines is 2. The van der Waals surface area contributed by atoms with E-state index in [-0.39, 0.29) is 11.8 Å². The van der Waals surface area contributed by atoms with Gasteiger partial charge in [-0.3, -0.25) is 14.0 Å². The van der Waals surface area contributed by atoms with Crippen LogP contribution in [0.3, 0.4) is 0 Å². The first-order chi connectivity index (χ1) is 16.2. The zero-order valence-electron chi connectivity index (χ0n) is 18.9. The first kappa shape index (κ1) is 24.2. The number of sulfonamides is 1. The number of hydrogen-bond acceptors (Lipinski definition) is 7. The fourth-order valence-corrected chi connectivity index (χ4v) is 4.55. The third kappa shape index (κ3) is 5.75. The lowest BCUT2D eigenvalue weighted by atomic mass is 9.96. The highest BCUT2D eigenvalue weighted by Crippen LogP contribution is 2.26. The van der Waals surface area contributed by atoms with E-state index in [4.69, 9.17) is 16.1 Å². The van der Waals surface area contributed by atoms with Crippen molar-refractivity contribution in [3.8, 4) is 11.4 Å². The number of rotatable bonds is 7. The Morgan fingerprint density at radius 1 is 1.21 bits per heavy atom. The number of aromatic nitrogens is 2. The van der Waals surface area contributed by atoms with Crippen molar-refractivity contribution in [2.45, 2.75) is 19.4 Å². The van der Waals surface area contributed by atoms with Gasteiger partial charge >= 0.3 is 0 Å². The largest absolute Gasteiger partial charge is 0.338 e. The molecule has 1 aliphatic heterocycles. The number of nitrogens with zero attached hydrogens (tertiary/aromatic N) is 4. The minimum Gasteiger partial charge on any atom is -0.338 e. The third-order valence-corrected chi connectivity index (χ3v) is 7.41. The summed E-state index contributed by atoms with van der Waals surface area (Å²) in [5.74, 6) is 0.759. The molecule has 0 atom stereocenters. The molecular weight excluding hydrogens is 478 g/mol. The van der Waals surface area contributed by atoms with Crippen LogP contribution < -0.4 is 9.62 Å². The first-order valence-electron chi connectivity index (χ1n) is 10.9. The molecule has 34 heavy (non-hydrogen) atoms. The molecule has 1 aliphatic rings. The predicted octanol–water partition coefficient (Wildman–Crippen LogP) is 3.64. The zero-order chi connectivity index (χ0) is 24.3. The van der Waals surface area contributed by atoms with Crippen molar-refractivity contribution in [3.05, 3.63) is 59.4 Å². The molecule has 0 radical (unpaired) electrons. The van der Waals surface area contributed by atoms with Crippen LogP contribution in [0.25, 0.3) is 11.4 Å². The number of carbonyl (C=O) groups is 1. The van der Waals surface area contributed by atoms with Crippen LogP contribution in [-0.4, -0.2) is 55.8 Å². The van der Waals surface area contributed by atoms with E-state index in [0.29, 0.717) is 47.5 Å². The Labute approximate surface area is 203 Å². The maximum Gasteiger partial charge on any atom is 0.241 e. The Balaban J connectivity index is 1.31. The van der Waals surface area contributed by atoms with E-state index in [1.165, 1.54) is 11.4 Å². The molecule has 0 saturated carbocycles. The number of piperidine rings is 1. The van der Waals surface area contributed by atoms with E-state index < -0.39 is 10.0 Å². The summed E-state index contributed by atoms with van der Waals surface area (Å²) in [6, 6.07) is 14.1. The number of carbonyl (C=O) groups excluding carboxylic acids is 1. The molecule has 0 unspecified atom stereocenters. The quantitative estimate of drug-likeness (QED) is 0.524. The Hall–Kier alpha value is -2.95. The lowest BCUT2D eigenvalue weighted by Gasteiger charge is -2.30. The molecular formula is C23H26ClN5O4S. The highest BCUT2D eigenvalue weighted by Gasteiger charge is 2.26. The van der Waals surface area contributed by atoms with Crippen LogP contribution in [0.2, 0.25) is 5.02 Å². The Bertz CT molecular complexity index is 1270. The average Bonchev–Trinajstić information content (AvgIpc) is 3.27. The molecule has 1 N–H and O–H groups in total. The highest BCUT2D eigenvalue weighted by molar-refractivity contribution is 7.92. The van der Waals surface area contributed by atoms with Gasteiger partial charge in [-0.05, 0) is 56.3 Å².